The number of aromatic amines is 1. The molecule has 1 aliphatic heterocycles. The summed E-state index contributed by atoms with van der Waals surface area (Å²) in [5, 5.41) is 11.9. The van der Waals surface area contributed by atoms with Crippen LogP contribution in [-0.4, -0.2) is 38.0 Å². The highest BCUT2D eigenvalue weighted by molar-refractivity contribution is 5.37. The smallest absolute Gasteiger partial charge is 0.123 e. The minimum Gasteiger partial charge on any atom is -0.299 e. The number of benzene rings is 1. The fraction of sp³-hybridized carbons (Fsp3) is 0.400. The second-order valence-corrected chi connectivity index (χ2v) is 7.10. The summed E-state index contributed by atoms with van der Waals surface area (Å²) in [7, 11) is 0. The maximum absolute atomic E-state index is 13.2. The van der Waals surface area contributed by atoms with Gasteiger partial charge in [-0.15, -0.1) is 0 Å². The molecule has 2 aromatic heterocycles. The third kappa shape index (κ3) is 3.29. The number of nitrogens with one attached hydrogen (secondary N) is 1. The number of halogens is 1. The lowest BCUT2D eigenvalue weighted by Gasteiger charge is -2.31. The summed E-state index contributed by atoms with van der Waals surface area (Å²) in [5.41, 5.74) is 5.60. The summed E-state index contributed by atoms with van der Waals surface area (Å²) in [4.78, 5) is 2.50. The maximum atomic E-state index is 13.2. The SMILES string of the molecule is Cc1nn(-c2ccc(F)cc2)c(C)c1CN1CCC(c2ccn[nH]2)CC1. The largest absolute Gasteiger partial charge is 0.299 e. The standard InChI is InChI=1S/C20H24FN5/c1-14-19(15(2)26(24-14)18-5-3-17(21)4-6-18)13-25-11-8-16(9-12-25)20-7-10-22-23-20/h3-7,10,16H,8-9,11-13H2,1-2H3,(H,22,23). The maximum Gasteiger partial charge on any atom is 0.123 e. The summed E-state index contributed by atoms with van der Waals surface area (Å²) < 4.78 is 15.1. The molecule has 1 N–H and O–H groups in total. The summed E-state index contributed by atoms with van der Waals surface area (Å²) in [6, 6.07) is 8.58. The van der Waals surface area contributed by atoms with Crippen LogP contribution in [0.5, 0.6) is 0 Å². The van der Waals surface area contributed by atoms with E-state index in [0.717, 1.165) is 49.6 Å². The molecule has 4 rings (SSSR count). The first-order valence-electron chi connectivity index (χ1n) is 9.14. The van der Waals surface area contributed by atoms with Crippen LogP contribution in [0.4, 0.5) is 4.39 Å². The zero-order chi connectivity index (χ0) is 18.1. The van der Waals surface area contributed by atoms with E-state index < -0.39 is 0 Å². The first-order valence-corrected chi connectivity index (χ1v) is 9.14. The molecule has 0 spiro atoms. The Labute approximate surface area is 152 Å². The van der Waals surface area contributed by atoms with Crippen molar-refractivity contribution in [2.45, 2.75) is 39.2 Å². The van der Waals surface area contributed by atoms with Crippen molar-refractivity contribution >= 4 is 0 Å². The van der Waals surface area contributed by atoms with Gasteiger partial charge in [0.05, 0.1) is 11.4 Å². The van der Waals surface area contributed by atoms with E-state index in [2.05, 4.69) is 40.1 Å². The van der Waals surface area contributed by atoms with Gasteiger partial charge in [0.2, 0.25) is 0 Å². The number of nitrogens with zero attached hydrogens (tertiary/aromatic N) is 4. The van der Waals surface area contributed by atoms with Gasteiger partial charge < -0.3 is 0 Å². The molecule has 136 valence electrons. The Morgan fingerprint density at radius 1 is 1.12 bits per heavy atom. The summed E-state index contributed by atoms with van der Waals surface area (Å²) >= 11 is 0. The average molecular weight is 353 g/mol. The van der Waals surface area contributed by atoms with E-state index in [4.69, 9.17) is 0 Å². The highest BCUT2D eigenvalue weighted by Gasteiger charge is 2.23. The Kier molecular flexibility index (Phi) is 4.59. The quantitative estimate of drug-likeness (QED) is 0.777. The van der Waals surface area contributed by atoms with Gasteiger partial charge in [0.25, 0.3) is 0 Å². The van der Waals surface area contributed by atoms with Gasteiger partial charge in [-0.05, 0) is 70.1 Å². The van der Waals surface area contributed by atoms with Crippen LogP contribution < -0.4 is 0 Å². The predicted octanol–water partition coefficient (Wildman–Crippen LogP) is 3.73. The Balaban J connectivity index is 1.46. The van der Waals surface area contributed by atoms with Crippen LogP contribution in [0.15, 0.2) is 36.5 Å². The number of hydrogen-bond acceptors (Lipinski definition) is 3. The van der Waals surface area contributed by atoms with Crippen molar-refractivity contribution in [2.24, 2.45) is 0 Å². The van der Waals surface area contributed by atoms with E-state index in [0.29, 0.717) is 5.92 Å². The molecule has 3 heterocycles. The number of aromatic nitrogens is 4. The zero-order valence-corrected chi connectivity index (χ0v) is 15.2. The Morgan fingerprint density at radius 2 is 1.85 bits per heavy atom. The molecule has 1 aromatic carbocycles. The molecule has 0 bridgehead atoms. The summed E-state index contributed by atoms with van der Waals surface area (Å²) in [6.45, 7) is 7.21. The number of H-pyrrole nitrogens is 1. The van der Waals surface area contributed by atoms with Gasteiger partial charge in [0.15, 0.2) is 0 Å². The van der Waals surface area contributed by atoms with Gasteiger partial charge in [-0.25, -0.2) is 9.07 Å². The molecule has 3 aromatic rings. The van der Waals surface area contributed by atoms with Gasteiger partial charge in [-0.1, -0.05) is 0 Å². The van der Waals surface area contributed by atoms with Gasteiger partial charge in [0, 0.05) is 35.6 Å². The van der Waals surface area contributed by atoms with Crippen LogP contribution in [-0.2, 0) is 6.54 Å². The van der Waals surface area contributed by atoms with Gasteiger partial charge in [-0.2, -0.15) is 10.2 Å². The van der Waals surface area contributed by atoms with E-state index in [1.54, 1.807) is 12.1 Å². The second kappa shape index (κ2) is 7.03. The Hall–Kier alpha value is -2.47. The molecule has 1 saturated heterocycles. The average Bonchev–Trinajstić information content (AvgIpc) is 3.28. The third-order valence-corrected chi connectivity index (χ3v) is 5.44. The topological polar surface area (TPSA) is 49.7 Å². The molecule has 0 radical (unpaired) electrons. The highest BCUT2D eigenvalue weighted by Crippen LogP contribution is 2.28. The van der Waals surface area contributed by atoms with Crippen LogP contribution in [0, 0.1) is 19.7 Å². The van der Waals surface area contributed by atoms with Gasteiger partial charge in [-0.3, -0.25) is 10.00 Å². The molecule has 26 heavy (non-hydrogen) atoms. The van der Waals surface area contributed by atoms with Crippen LogP contribution in [0.1, 0.15) is 41.4 Å². The Morgan fingerprint density at radius 3 is 2.50 bits per heavy atom. The lowest BCUT2D eigenvalue weighted by atomic mass is 9.93. The van der Waals surface area contributed by atoms with E-state index in [1.165, 1.54) is 23.4 Å². The molecule has 5 nitrogen and oxygen atoms in total. The fourth-order valence-corrected chi connectivity index (χ4v) is 3.86. The van der Waals surface area contributed by atoms with Crippen molar-refractivity contribution in [3.63, 3.8) is 0 Å². The number of rotatable bonds is 4. The highest BCUT2D eigenvalue weighted by atomic mass is 19.1. The first-order chi connectivity index (χ1) is 12.6. The normalized spacial score (nSPS) is 16.3. The van der Waals surface area contributed by atoms with Crippen LogP contribution >= 0.6 is 0 Å². The monoisotopic (exact) mass is 353 g/mol. The molecule has 0 unspecified atom stereocenters. The van der Waals surface area contributed by atoms with Crippen molar-refractivity contribution in [3.8, 4) is 5.69 Å². The molecular formula is C20H24FN5. The van der Waals surface area contributed by atoms with Crippen molar-refractivity contribution in [1.29, 1.82) is 0 Å². The van der Waals surface area contributed by atoms with Crippen molar-refractivity contribution in [3.05, 3.63) is 65.0 Å². The summed E-state index contributed by atoms with van der Waals surface area (Å²) in [5.74, 6) is 0.355. The lowest BCUT2D eigenvalue weighted by molar-refractivity contribution is 0.202. The van der Waals surface area contributed by atoms with E-state index >= 15 is 0 Å². The summed E-state index contributed by atoms with van der Waals surface area (Å²) in [6.07, 6.45) is 4.12. The van der Waals surface area contributed by atoms with Crippen LogP contribution in [0.25, 0.3) is 5.69 Å². The second-order valence-electron chi connectivity index (χ2n) is 7.10. The van der Waals surface area contributed by atoms with Gasteiger partial charge in [0.1, 0.15) is 5.82 Å². The molecule has 1 aliphatic rings. The van der Waals surface area contributed by atoms with Crippen molar-refractivity contribution in [1.82, 2.24) is 24.9 Å². The third-order valence-electron chi connectivity index (χ3n) is 5.44. The minimum atomic E-state index is -0.226. The van der Waals surface area contributed by atoms with Gasteiger partial charge >= 0.3 is 0 Å². The molecular weight excluding hydrogens is 329 g/mol. The minimum absolute atomic E-state index is 0.226. The molecule has 0 atom stereocenters. The fourth-order valence-electron chi connectivity index (χ4n) is 3.86. The molecule has 1 fully saturated rings. The lowest BCUT2D eigenvalue weighted by Crippen LogP contribution is -2.32. The molecule has 6 heteroatoms. The van der Waals surface area contributed by atoms with Crippen molar-refractivity contribution in [2.75, 3.05) is 13.1 Å². The first kappa shape index (κ1) is 17.0. The number of piperidine rings is 1. The van der Waals surface area contributed by atoms with E-state index in [1.807, 2.05) is 10.9 Å². The molecule has 0 saturated carbocycles. The van der Waals surface area contributed by atoms with E-state index in [-0.39, 0.29) is 5.82 Å². The number of hydrogen-bond donors (Lipinski definition) is 1. The number of aryl methyl sites for hydroxylation is 1. The number of likely N-dealkylation sites (tertiary alicyclic amines) is 1. The zero-order valence-electron chi connectivity index (χ0n) is 15.2. The molecule has 0 amide bonds. The van der Waals surface area contributed by atoms with Crippen LogP contribution in [0.2, 0.25) is 0 Å². The predicted molar refractivity (Wildman–Crippen MR) is 98.8 cm³/mol. The molecule has 0 aliphatic carbocycles. The Bertz CT molecular complexity index is 859. The van der Waals surface area contributed by atoms with Crippen molar-refractivity contribution < 1.29 is 4.39 Å². The van der Waals surface area contributed by atoms with Crippen LogP contribution in [0.3, 0.4) is 0 Å². The van der Waals surface area contributed by atoms with E-state index in [9.17, 15) is 4.39 Å².